The summed E-state index contributed by atoms with van der Waals surface area (Å²) in [5.41, 5.74) is 2.42. The molecule has 0 bridgehead atoms. The minimum Gasteiger partial charge on any atom is -0.392 e. The first-order chi connectivity index (χ1) is 17.8. The van der Waals surface area contributed by atoms with Gasteiger partial charge in [0.2, 0.25) is 11.9 Å². The Morgan fingerprint density at radius 1 is 1.16 bits per heavy atom. The highest BCUT2D eigenvalue weighted by atomic mass is 35.5. The fourth-order valence-electron chi connectivity index (χ4n) is 4.85. The first-order valence-corrected chi connectivity index (χ1v) is 12.8. The van der Waals surface area contributed by atoms with Gasteiger partial charge in [0.25, 0.3) is 0 Å². The molecule has 1 aromatic carbocycles. The van der Waals surface area contributed by atoms with Crippen LogP contribution in [-0.4, -0.2) is 73.5 Å². The lowest BCUT2D eigenvalue weighted by Gasteiger charge is -2.46. The highest BCUT2D eigenvalue weighted by molar-refractivity contribution is 6.36. The maximum Gasteiger partial charge on any atom is 0.232 e. The average Bonchev–Trinajstić information content (AvgIpc) is 3.58. The minimum atomic E-state index is -0.410. The molecule has 3 heterocycles. The quantitative estimate of drug-likeness (QED) is 0.425. The van der Waals surface area contributed by atoms with Gasteiger partial charge < -0.3 is 20.6 Å². The number of nitrogens with zero attached hydrogens (tertiary/aromatic N) is 8. The Hall–Kier alpha value is -3.64. The third-order valence-electron chi connectivity index (χ3n) is 6.75. The number of hydrogen-bond acceptors (Lipinski definition) is 10. The molecular formula is C25H29ClN10O. The molecular weight excluding hydrogens is 492 g/mol. The summed E-state index contributed by atoms with van der Waals surface area (Å²) in [5, 5.41) is 40.4. The summed E-state index contributed by atoms with van der Waals surface area (Å²) >= 11 is 6.92. The van der Waals surface area contributed by atoms with Crippen molar-refractivity contribution in [2.45, 2.75) is 57.8 Å². The molecule has 3 atom stereocenters. The number of hydrogen-bond donors (Lipinski definition) is 3. The fraction of sp³-hybridized carbons (Fsp3) is 0.480. The number of aliphatic hydroxyl groups is 1. The maximum absolute atomic E-state index is 9.91. The SMILES string of the molecule is C[C@@H]1CN(c2cc(C#N)cc(Nc3nc(NC4CC4)n4ncc(C#N)c4n3)c2Cl)C[C@H](C)N1C[C@@H](C)O. The Bertz CT molecular complexity index is 1390. The Morgan fingerprint density at radius 3 is 2.51 bits per heavy atom. The van der Waals surface area contributed by atoms with Gasteiger partial charge in [-0.3, -0.25) is 4.90 Å². The van der Waals surface area contributed by atoms with Gasteiger partial charge in [0.05, 0.1) is 40.3 Å². The number of rotatable bonds is 7. The molecule has 37 heavy (non-hydrogen) atoms. The first kappa shape index (κ1) is 25.0. The molecule has 2 aromatic heterocycles. The van der Waals surface area contributed by atoms with E-state index in [1.165, 1.54) is 10.7 Å². The van der Waals surface area contributed by atoms with Gasteiger partial charge in [-0.2, -0.15) is 30.1 Å². The van der Waals surface area contributed by atoms with Crippen LogP contribution in [0.1, 0.15) is 44.7 Å². The number of halogens is 1. The van der Waals surface area contributed by atoms with E-state index in [0.717, 1.165) is 18.5 Å². The number of benzene rings is 1. The van der Waals surface area contributed by atoms with Crippen LogP contribution in [0.5, 0.6) is 0 Å². The summed E-state index contributed by atoms with van der Waals surface area (Å²) in [5.74, 6) is 0.736. The molecule has 2 fully saturated rings. The summed E-state index contributed by atoms with van der Waals surface area (Å²) in [4.78, 5) is 13.6. The summed E-state index contributed by atoms with van der Waals surface area (Å²) < 4.78 is 1.52. The van der Waals surface area contributed by atoms with E-state index in [4.69, 9.17) is 11.6 Å². The van der Waals surface area contributed by atoms with E-state index in [0.29, 0.717) is 59.1 Å². The van der Waals surface area contributed by atoms with E-state index in [1.807, 2.05) is 0 Å². The van der Waals surface area contributed by atoms with Gasteiger partial charge in [-0.15, -0.1) is 0 Å². The van der Waals surface area contributed by atoms with Crippen LogP contribution in [0.25, 0.3) is 5.65 Å². The largest absolute Gasteiger partial charge is 0.392 e. The van der Waals surface area contributed by atoms with Crippen LogP contribution in [0.3, 0.4) is 0 Å². The summed E-state index contributed by atoms with van der Waals surface area (Å²) in [6, 6.07) is 8.50. The first-order valence-electron chi connectivity index (χ1n) is 12.4. The highest BCUT2D eigenvalue weighted by Crippen LogP contribution is 2.37. The normalized spacial score (nSPS) is 20.9. The highest BCUT2D eigenvalue weighted by Gasteiger charge is 2.32. The van der Waals surface area contributed by atoms with Crippen molar-refractivity contribution < 1.29 is 5.11 Å². The predicted molar refractivity (Wildman–Crippen MR) is 141 cm³/mol. The van der Waals surface area contributed by atoms with Crippen molar-refractivity contribution in [2.24, 2.45) is 0 Å². The molecule has 192 valence electrons. The lowest BCUT2D eigenvalue weighted by atomic mass is 10.0. The van der Waals surface area contributed by atoms with Crippen LogP contribution in [-0.2, 0) is 0 Å². The van der Waals surface area contributed by atoms with Crippen molar-refractivity contribution in [3.05, 3.63) is 34.5 Å². The third-order valence-corrected chi connectivity index (χ3v) is 7.14. The van der Waals surface area contributed by atoms with E-state index in [2.05, 4.69) is 61.5 Å². The van der Waals surface area contributed by atoms with Crippen molar-refractivity contribution in [3.8, 4) is 12.1 Å². The number of aliphatic hydroxyl groups excluding tert-OH is 1. The molecule has 0 amide bonds. The second-order valence-corrected chi connectivity index (χ2v) is 10.3. The smallest absolute Gasteiger partial charge is 0.232 e. The average molecular weight is 521 g/mol. The fourth-order valence-corrected chi connectivity index (χ4v) is 5.13. The topological polar surface area (TPSA) is 141 Å². The minimum absolute atomic E-state index is 0.185. The van der Waals surface area contributed by atoms with E-state index in [1.54, 1.807) is 19.1 Å². The third kappa shape index (κ3) is 5.12. The van der Waals surface area contributed by atoms with E-state index in [-0.39, 0.29) is 18.0 Å². The number of anilines is 4. The molecule has 2 aliphatic rings. The molecule has 1 aliphatic heterocycles. The molecule has 0 unspecified atom stereocenters. The monoisotopic (exact) mass is 520 g/mol. The number of β-amino-alcohol motifs (C(OH)–C–C–N with tert-alkyl or cyclic N) is 1. The molecule has 1 saturated carbocycles. The van der Waals surface area contributed by atoms with Crippen LogP contribution < -0.4 is 15.5 Å². The second-order valence-electron chi connectivity index (χ2n) is 9.94. The van der Waals surface area contributed by atoms with Gasteiger partial charge in [0.1, 0.15) is 11.6 Å². The Labute approximate surface area is 220 Å². The van der Waals surface area contributed by atoms with E-state index in [9.17, 15) is 15.6 Å². The van der Waals surface area contributed by atoms with Crippen molar-refractivity contribution in [1.82, 2.24) is 24.5 Å². The van der Waals surface area contributed by atoms with Crippen LogP contribution >= 0.6 is 11.6 Å². The second kappa shape index (κ2) is 10.0. The number of fused-ring (bicyclic) bond motifs is 1. The number of piperazine rings is 1. The predicted octanol–water partition coefficient (Wildman–Crippen LogP) is 3.12. The Kier molecular flexibility index (Phi) is 6.78. The molecule has 3 N–H and O–H groups in total. The summed E-state index contributed by atoms with van der Waals surface area (Å²) in [7, 11) is 0. The lowest BCUT2D eigenvalue weighted by molar-refractivity contribution is 0.0653. The van der Waals surface area contributed by atoms with E-state index < -0.39 is 6.10 Å². The van der Waals surface area contributed by atoms with Gasteiger partial charge in [-0.05, 0) is 45.7 Å². The molecule has 11 nitrogen and oxygen atoms in total. The molecule has 3 aromatic rings. The van der Waals surface area contributed by atoms with Gasteiger partial charge in [-0.25, -0.2) is 0 Å². The van der Waals surface area contributed by atoms with Crippen LogP contribution in [0, 0.1) is 22.7 Å². The van der Waals surface area contributed by atoms with Crippen LogP contribution in [0.2, 0.25) is 5.02 Å². The van der Waals surface area contributed by atoms with Gasteiger partial charge >= 0.3 is 0 Å². The van der Waals surface area contributed by atoms with Gasteiger partial charge in [0, 0.05) is 37.8 Å². The standard InChI is InChI=1S/C25H29ClN10O/c1-14-11-34(12-15(2)35(14)13-16(3)37)21-7-17(8-27)6-20(22(21)26)31-24-32-23-18(9-28)10-29-36(23)25(33-24)30-19-4-5-19/h6-7,10,14-16,19,37H,4-5,11-13H2,1-3H3,(H2,30,31,32,33)/t14-,15+,16-/m1/s1. The molecule has 0 radical (unpaired) electrons. The summed E-state index contributed by atoms with van der Waals surface area (Å²) in [6.07, 6.45) is 3.14. The number of aromatic nitrogens is 4. The zero-order valence-corrected chi connectivity index (χ0v) is 21.7. The molecule has 0 spiro atoms. The van der Waals surface area contributed by atoms with E-state index >= 15 is 0 Å². The van der Waals surface area contributed by atoms with Gasteiger partial charge in [0.15, 0.2) is 5.65 Å². The lowest BCUT2D eigenvalue weighted by Crippen LogP contribution is -2.58. The zero-order chi connectivity index (χ0) is 26.3. The van der Waals surface area contributed by atoms with Crippen molar-refractivity contribution >= 4 is 40.5 Å². The molecule has 5 rings (SSSR count). The van der Waals surface area contributed by atoms with Crippen molar-refractivity contribution in [1.29, 1.82) is 10.5 Å². The molecule has 1 saturated heterocycles. The van der Waals surface area contributed by atoms with Gasteiger partial charge in [-0.1, -0.05) is 11.6 Å². The summed E-state index contributed by atoms with van der Waals surface area (Å²) in [6.45, 7) is 8.05. The van der Waals surface area contributed by atoms with Crippen molar-refractivity contribution in [3.63, 3.8) is 0 Å². The Balaban J connectivity index is 1.49. The van der Waals surface area contributed by atoms with Crippen LogP contribution in [0.15, 0.2) is 18.3 Å². The van der Waals surface area contributed by atoms with Crippen molar-refractivity contribution in [2.75, 3.05) is 35.2 Å². The maximum atomic E-state index is 9.91. The Morgan fingerprint density at radius 2 is 1.89 bits per heavy atom. The van der Waals surface area contributed by atoms with Crippen LogP contribution in [0.4, 0.5) is 23.3 Å². The number of nitriles is 2. The number of nitrogens with one attached hydrogen (secondary N) is 2. The molecule has 12 heteroatoms. The zero-order valence-electron chi connectivity index (χ0n) is 21.0. The molecule has 1 aliphatic carbocycles.